The first kappa shape index (κ1) is 13.3. The molecule has 1 N–H and O–H groups in total. The van der Waals surface area contributed by atoms with E-state index in [0.717, 1.165) is 24.3 Å². The first-order valence-electron chi connectivity index (χ1n) is 6.65. The van der Waals surface area contributed by atoms with E-state index >= 15 is 0 Å². The standard InChI is InChI=1S/C15H27N/c1-6-7-16-13(5)9-12(4)15-10-14(15)8-11(2)3/h9,11,14-16H,4,6-8,10H2,1-3,5H3/b13-9+/t14-,15-/m0/s1. The highest BCUT2D eigenvalue weighted by Crippen LogP contribution is 2.47. The van der Waals surface area contributed by atoms with Gasteiger partial charge in [0.2, 0.25) is 0 Å². The Labute approximate surface area is 101 Å². The molecule has 0 aromatic rings. The Morgan fingerprint density at radius 1 is 1.50 bits per heavy atom. The molecule has 92 valence electrons. The van der Waals surface area contributed by atoms with E-state index in [4.69, 9.17) is 0 Å². The molecule has 0 aromatic heterocycles. The van der Waals surface area contributed by atoms with Crippen molar-refractivity contribution >= 4 is 0 Å². The monoisotopic (exact) mass is 221 g/mol. The molecule has 0 aromatic carbocycles. The number of rotatable bonds is 7. The predicted octanol–water partition coefficient (Wildman–Crippen LogP) is 4.13. The van der Waals surface area contributed by atoms with E-state index < -0.39 is 0 Å². The number of allylic oxidation sites excluding steroid dienone is 3. The summed E-state index contributed by atoms with van der Waals surface area (Å²) in [7, 11) is 0. The van der Waals surface area contributed by atoms with Gasteiger partial charge in [0.15, 0.2) is 0 Å². The molecule has 0 bridgehead atoms. The normalized spacial score (nSPS) is 24.7. The molecule has 0 unspecified atom stereocenters. The quantitative estimate of drug-likeness (QED) is 0.637. The van der Waals surface area contributed by atoms with Gasteiger partial charge in [-0.15, -0.1) is 0 Å². The highest BCUT2D eigenvalue weighted by molar-refractivity contribution is 5.26. The summed E-state index contributed by atoms with van der Waals surface area (Å²) in [6, 6.07) is 0. The van der Waals surface area contributed by atoms with Crippen LogP contribution in [0.4, 0.5) is 0 Å². The van der Waals surface area contributed by atoms with Crippen LogP contribution in [0.15, 0.2) is 23.9 Å². The van der Waals surface area contributed by atoms with E-state index in [1.54, 1.807) is 0 Å². The molecule has 1 fully saturated rings. The summed E-state index contributed by atoms with van der Waals surface area (Å²) < 4.78 is 0. The van der Waals surface area contributed by atoms with Crippen molar-refractivity contribution in [2.45, 2.75) is 47.0 Å². The van der Waals surface area contributed by atoms with Gasteiger partial charge >= 0.3 is 0 Å². The topological polar surface area (TPSA) is 12.0 Å². The van der Waals surface area contributed by atoms with Crippen LogP contribution in [0.25, 0.3) is 0 Å². The van der Waals surface area contributed by atoms with Crippen LogP contribution in [0.1, 0.15) is 47.0 Å². The van der Waals surface area contributed by atoms with E-state index in [1.165, 1.54) is 30.5 Å². The van der Waals surface area contributed by atoms with Crippen molar-refractivity contribution in [2.24, 2.45) is 17.8 Å². The molecule has 0 heterocycles. The van der Waals surface area contributed by atoms with Crippen molar-refractivity contribution in [3.63, 3.8) is 0 Å². The molecule has 0 aliphatic heterocycles. The minimum absolute atomic E-state index is 0.765. The van der Waals surface area contributed by atoms with E-state index in [2.05, 4.69) is 45.7 Å². The highest BCUT2D eigenvalue weighted by atomic mass is 14.9. The third kappa shape index (κ3) is 4.42. The molecule has 1 aliphatic rings. The van der Waals surface area contributed by atoms with E-state index in [9.17, 15) is 0 Å². The Hall–Kier alpha value is -0.720. The number of nitrogens with one attached hydrogen (secondary N) is 1. The van der Waals surface area contributed by atoms with Crippen LogP contribution in [-0.2, 0) is 0 Å². The molecule has 1 heteroatoms. The molecule has 2 atom stereocenters. The molecule has 0 saturated heterocycles. The lowest BCUT2D eigenvalue weighted by Gasteiger charge is -2.07. The summed E-state index contributed by atoms with van der Waals surface area (Å²) in [5, 5.41) is 3.40. The number of hydrogen-bond acceptors (Lipinski definition) is 1. The fourth-order valence-corrected chi connectivity index (χ4v) is 2.33. The summed E-state index contributed by atoms with van der Waals surface area (Å²) in [4.78, 5) is 0. The van der Waals surface area contributed by atoms with Gasteiger partial charge in [-0.25, -0.2) is 0 Å². The zero-order valence-corrected chi connectivity index (χ0v) is 11.3. The maximum Gasteiger partial charge on any atom is 0.0141 e. The lowest BCUT2D eigenvalue weighted by Crippen LogP contribution is -2.11. The summed E-state index contributed by atoms with van der Waals surface area (Å²) in [6.07, 6.45) is 6.13. The van der Waals surface area contributed by atoms with Crippen LogP contribution >= 0.6 is 0 Å². The average Bonchev–Trinajstić information content (AvgIpc) is 2.93. The molecular formula is C15H27N. The lowest BCUT2D eigenvalue weighted by atomic mass is 10.0. The molecular weight excluding hydrogens is 194 g/mol. The molecule has 0 spiro atoms. The van der Waals surface area contributed by atoms with Crippen molar-refractivity contribution in [2.75, 3.05) is 6.54 Å². The van der Waals surface area contributed by atoms with Crippen molar-refractivity contribution in [3.8, 4) is 0 Å². The van der Waals surface area contributed by atoms with Crippen LogP contribution in [0.5, 0.6) is 0 Å². The van der Waals surface area contributed by atoms with Gasteiger partial charge < -0.3 is 5.32 Å². The highest BCUT2D eigenvalue weighted by Gasteiger charge is 2.38. The summed E-state index contributed by atoms with van der Waals surface area (Å²) in [6.45, 7) is 14.2. The van der Waals surface area contributed by atoms with Crippen LogP contribution in [-0.4, -0.2) is 6.54 Å². The van der Waals surface area contributed by atoms with Crippen LogP contribution in [0.2, 0.25) is 0 Å². The van der Waals surface area contributed by atoms with Crippen LogP contribution < -0.4 is 5.32 Å². The van der Waals surface area contributed by atoms with Gasteiger partial charge in [-0.3, -0.25) is 0 Å². The predicted molar refractivity (Wildman–Crippen MR) is 72.2 cm³/mol. The molecule has 1 nitrogen and oxygen atoms in total. The van der Waals surface area contributed by atoms with E-state index in [1.807, 2.05) is 0 Å². The Bertz CT molecular complexity index is 263. The van der Waals surface area contributed by atoms with Crippen LogP contribution in [0, 0.1) is 17.8 Å². The van der Waals surface area contributed by atoms with Gasteiger partial charge in [0, 0.05) is 12.2 Å². The second-order valence-corrected chi connectivity index (χ2v) is 5.56. The maximum atomic E-state index is 4.21. The first-order chi connectivity index (χ1) is 7.54. The smallest absolute Gasteiger partial charge is 0.0141 e. The minimum atomic E-state index is 0.765. The van der Waals surface area contributed by atoms with Crippen LogP contribution in [0.3, 0.4) is 0 Å². The zero-order valence-electron chi connectivity index (χ0n) is 11.3. The third-order valence-electron chi connectivity index (χ3n) is 3.23. The second kappa shape index (κ2) is 6.12. The summed E-state index contributed by atoms with van der Waals surface area (Å²) in [5.41, 5.74) is 2.59. The SMILES string of the molecule is C=C(/C=C(\C)NCCC)[C@@H]1C[C@@H]1CC(C)C. The van der Waals surface area contributed by atoms with E-state index in [-0.39, 0.29) is 0 Å². The third-order valence-corrected chi connectivity index (χ3v) is 3.23. The van der Waals surface area contributed by atoms with E-state index in [0.29, 0.717) is 0 Å². The largest absolute Gasteiger partial charge is 0.389 e. The van der Waals surface area contributed by atoms with Crippen molar-refractivity contribution < 1.29 is 0 Å². The zero-order chi connectivity index (χ0) is 12.1. The lowest BCUT2D eigenvalue weighted by molar-refractivity contribution is 0.526. The second-order valence-electron chi connectivity index (χ2n) is 5.56. The maximum absolute atomic E-state index is 4.21. The molecule has 0 amide bonds. The van der Waals surface area contributed by atoms with Gasteiger partial charge in [-0.05, 0) is 50.0 Å². The summed E-state index contributed by atoms with van der Waals surface area (Å²) in [5.74, 6) is 2.49. The van der Waals surface area contributed by atoms with Gasteiger partial charge in [-0.2, -0.15) is 0 Å². The molecule has 1 saturated carbocycles. The Kier molecular flexibility index (Phi) is 5.11. The average molecular weight is 221 g/mol. The Morgan fingerprint density at radius 2 is 2.19 bits per heavy atom. The summed E-state index contributed by atoms with van der Waals surface area (Å²) >= 11 is 0. The molecule has 0 radical (unpaired) electrons. The van der Waals surface area contributed by atoms with Gasteiger partial charge in [0.25, 0.3) is 0 Å². The van der Waals surface area contributed by atoms with Gasteiger partial charge in [-0.1, -0.05) is 32.9 Å². The van der Waals surface area contributed by atoms with Gasteiger partial charge in [0.05, 0.1) is 0 Å². The van der Waals surface area contributed by atoms with Crippen molar-refractivity contribution in [1.82, 2.24) is 5.32 Å². The fourth-order valence-electron chi connectivity index (χ4n) is 2.33. The molecule has 16 heavy (non-hydrogen) atoms. The van der Waals surface area contributed by atoms with Crippen molar-refractivity contribution in [1.29, 1.82) is 0 Å². The first-order valence-corrected chi connectivity index (χ1v) is 6.65. The minimum Gasteiger partial charge on any atom is -0.389 e. The molecule has 1 rings (SSSR count). The fraction of sp³-hybridized carbons (Fsp3) is 0.733. The molecule has 1 aliphatic carbocycles. The van der Waals surface area contributed by atoms with Crippen molar-refractivity contribution in [3.05, 3.63) is 23.9 Å². The Balaban J connectivity index is 2.31. The Morgan fingerprint density at radius 3 is 2.75 bits per heavy atom. The number of hydrogen-bond donors (Lipinski definition) is 1. The van der Waals surface area contributed by atoms with Gasteiger partial charge in [0.1, 0.15) is 0 Å².